The minimum Gasteiger partial charge on any atom is -0.351 e. The number of carbonyl (C=O) groups is 1. The fourth-order valence-corrected chi connectivity index (χ4v) is 1.77. The van der Waals surface area contributed by atoms with Gasteiger partial charge in [0, 0.05) is 16.2 Å². The van der Waals surface area contributed by atoms with E-state index in [2.05, 4.69) is 31.8 Å². The Balaban J connectivity index is 2.74. The summed E-state index contributed by atoms with van der Waals surface area (Å²) in [6, 6.07) is 5.11. The molecule has 0 saturated carbocycles. The highest BCUT2D eigenvalue weighted by Crippen LogP contribution is 2.22. The summed E-state index contributed by atoms with van der Waals surface area (Å²) in [7, 11) is 0. The van der Waals surface area contributed by atoms with E-state index in [0.717, 1.165) is 4.90 Å². The van der Waals surface area contributed by atoms with Crippen LogP contribution in [0.4, 0.5) is 0 Å². The molecular weight excluding hydrogens is 274 g/mol. The molecule has 0 aromatic heterocycles. The second-order valence-electron chi connectivity index (χ2n) is 4.31. The maximum Gasteiger partial charge on any atom is 0.252 e. The van der Waals surface area contributed by atoms with Crippen LogP contribution in [-0.4, -0.2) is 23.5 Å². The van der Waals surface area contributed by atoms with Crippen molar-refractivity contribution in [2.24, 2.45) is 0 Å². The van der Waals surface area contributed by atoms with Gasteiger partial charge in [-0.1, -0.05) is 11.6 Å². The van der Waals surface area contributed by atoms with E-state index >= 15 is 0 Å². The number of hydrogen-bond acceptors (Lipinski definition) is 3. The number of benzene rings is 1. The van der Waals surface area contributed by atoms with Crippen molar-refractivity contribution < 1.29 is 4.79 Å². The van der Waals surface area contributed by atoms with Crippen molar-refractivity contribution in [1.82, 2.24) is 5.32 Å². The molecule has 0 radical (unpaired) electrons. The lowest BCUT2D eigenvalue weighted by atomic mass is 10.1. The van der Waals surface area contributed by atoms with Crippen molar-refractivity contribution in [1.29, 1.82) is 0 Å². The molecular formula is C12H16ClNOS2. The Bertz CT molecular complexity index is 421. The highest BCUT2D eigenvalue weighted by molar-refractivity contribution is 7.99. The van der Waals surface area contributed by atoms with Gasteiger partial charge < -0.3 is 5.32 Å². The smallest absolute Gasteiger partial charge is 0.252 e. The number of amides is 1. The van der Waals surface area contributed by atoms with Gasteiger partial charge in [0.15, 0.2) is 0 Å². The van der Waals surface area contributed by atoms with Crippen LogP contribution in [0.3, 0.4) is 0 Å². The van der Waals surface area contributed by atoms with Crippen molar-refractivity contribution in [2.75, 3.05) is 12.8 Å². The first kappa shape index (κ1) is 14.7. The van der Waals surface area contributed by atoms with Crippen LogP contribution in [-0.2, 0) is 0 Å². The topological polar surface area (TPSA) is 29.1 Å². The summed E-state index contributed by atoms with van der Waals surface area (Å²) in [5.41, 5.74) is 0.469. The summed E-state index contributed by atoms with van der Waals surface area (Å²) in [5.74, 6) is -0.159. The van der Waals surface area contributed by atoms with Gasteiger partial charge in [-0.05, 0) is 38.3 Å². The van der Waals surface area contributed by atoms with Crippen molar-refractivity contribution in [3.63, 3.8) is 0 Å². The minimum absolute atomic E-state index is 0.0146. The first-order valence-electron chi connectivity index (χ1n) is 5.17. The molecule has 0 saturated heterocycles. The van der Waals surface area contributed by atoms with Crippen LogP contribution in [0, 0.1) is 0 Å². The maximum atomic E-state index is 11.9. The fourth-order valence-electron chi connectivity index (χ4n) is 1.15. The lowest BCUT2D eigenvalue weighted by Gasteiger charge is -2.22. The largest absolute Gasteiger partial charge is 0.351 e. The number of carbonyl (C=O) groups excluding carboxylic acids is 1. The molecule has 0 atom stereocenters. The maximum absolute atomic E-state index is 11.9. The number of rotatable bonds is 4. The zero-order valence-electron chi connectivity index (χ0n) is 10.1. The van der Waals surface area contributed by atoms with Gasteiger partial charge in [0.25, 0.3) is 5.91 Å². The Morgan fingerprint density at radius 2 is 2.18 bits per heavy atom. The summed E-state index contributed by atoms with van der Waals surface area (Å²) in [6.07, 6.45) is 2.02. The van der Waals surface area contributed by atoms with E-state index in [9.17, 15) is 4.79 Å². The average molecular weight is 290 g/mol. The number of hydrogen-bond donors (Lipinski definition) is 2. The zero-order valence-corrected chi connectivity index (χ0v) is 12.5. The van der Waals surface area contributed by atoms with Crippen molar-refractivity contribution in [3.8, 4) is 0 Å². The van der Waals surface area contributed by atoms with Gasteiger partial charge >= 0.3 is 0 Å². The first-order chi connectivity index (χ1) is 7.85. The van der Waals surface area contributed by atoms with Gasteiger partial charge in [0.2, 0.25) is 0 Å². The van der Waals surface area contributed by atoms with Crippen molar-refractivity contribution >= 4 is 41.9 Å². The Morgan fingerprint density at radius 1 is 1.53 bits per heavy atom. The van der Waals surface area contributed by atoms with E-state index in [1.165, 1.54) is 0 Å². The van der Waals surface area contributed by atoms with Crippen LogP contribution >= 0.6 is 36.0 Å². The van der Waals surface area contributed by atoms with Gasteiger partial charge in [0.1, 0.15) is 0 Å². The van der Waals surface area contributed by atoms with Crippen molar-refractivity contribution in [2.45, 2.75) is 23.5 Å². The molecule has 0 unspecified atom stereocenters. The van der Waals surface area contributed by atoms with Gasteiger partial charge in [-0.3, -0.25) is 4.79 Å². The molecule has 1 amide bonds. The second kappa shape index (κ2) is 6.03. The van der Waals surface area contributed by atoms with Crippen LogP contribution in [0.5, 0.6) is 0 Å². The predicted octanol–water partition coefficient (Wildman–Crippen LogP) is 3.50. The van der Waals surface area contributed by atoms with Crippen LogP contribution in [0.1, 0.15) is 24.2 Å². The van der Waals surface area contributed by atoms with Crippen molar-refractivity contribution in [3.05, 3.63) is 28.8 Å². The van der Waals surface area contributed by atoms with E-state index in [1.807, 2.05) is 6.26 Å². The van der Waals surface area contributed by atoms with E-state index < -0.39 is 0 Å². The molecule has 0 fully saturated rings. The Morgan fingerprint density at radius 3 is 2.76 bits per heavy atom. The molecule has 0 heterocycles. The van der Waals surface area contributed by atoms with Crippen LogP contribution in [0.2, 0.25) is 5.02 Å². The average Bonchev–Trinajstić information content (AvgIpc) is 2.29. The number of thiol groups is 1. The quantitative estimate of drug-likeness (QED) is 0.831. The van der Waals surface area contributed by atoms with Crippen LogP contribution < -0.4 is 5.32 Å². The number of nitrogens with one attached hydrogen (secondary N) is 1. The van der Waals surface area contributed by atoms with Crippen LogP contribution in [0.15, 0.2) is 23.1 Å². The molecule has 0 spiro atoms. The third-order valence-corrected chi connectivity index (χ3v) is 4.28. The molecule has 1 aromatic rings. The lowest BCUT2D eigenvalue weighted by Crippen LogP contribution is -2.36. The molecule has 94 valence electrons. The van der Waals surface area contributed by atoms with E-state index in [4.69, 9.17) is 11.6 Å². The standard InChI is InChI=1S/C12H16ClNOS2/c1-12(2,17-3)7-14-11(15)9-6-8(16)4-5-10(9)13/h4-6,16H,7H2,1-3H3,(H,14,15). The van der Waals surface area contributed by atoms with E-state index in [-0.39, 0.29) is 10.7 Å². The van der Waals surface area contributed by atoms with E-state index in [0.29, 0.717) is 17.1 Å². The van der Waals surface area contributed by atoms with Gasteiger partial charge in [-0.25, -0.2) is 0 Å². The zero-order chi connectivity index (χ0) is 13.1. The lowest BCUT2D eigenvalue weighted by molar-refractivity contribution is 0.0950. The predicted molar refractivity (Wildman–Crippen MR) is 78.6 cm³/mol. The molecule has 2 nitrogen and oxygen atoms in total. The summed E-state index contributed by atoms with van der Waals surface area (Å²) in [6.45, 7) is 4.75. The fraction of sp³-hybridized carbons (Fsp3) is 0.417. The molecule has 0 aliphatic heterocycles. The van der Waals surface area contributed by atoms with E-state index in [1.54, 1.807) is 30.0 Å². The number of thioether (sulfide) groups is 1. The first-order valence-corrected chi connectivity index (χ1v) is 7.22. The minimum atomic E-state index is -0.159. The molecule has 0 aliphatic rings. The molecule has 1 rings (SSSR count). The SMILES string of the molecule is CSC(C)(C)CNC(=O)c1cc(S)ccc1Cl. The monoisotopic (exact) mass is 289 g/mol. The molecule has 0 aliphatic carbocycles. The third-order valence-electron chi connectivity index (χ3n) is 2.42. The Kier molecular flexibility index (Phi) is 5.22. The highest BCUT2D eigenvalue weighted by Gasteiger charge is 2.18. The summed E-state index contributed by atoms with van der Waals surface area (Å²) >= 11 is 11.9. The van der Waals surface area contributed by atoms with Gasteiger partial charge in [-0.2, -0.15) is 11.8 Å². The highest BCUT2D eigenvalue weighted by atomic mass is 35.5. The second-order valence-corrected chi connectivity index (χ2v) is 6.75. The Labute approximate surface area is 117 Å². The summed E-state index contributed by atoms with van der Waals surface area (Å²) < 4.78 is 0.0146. The summed E-state index contributed by atoms with van der Waals surface area (Å²) in [5, 5.41) is 3.33. The molecule has 0 bridgehead atoms. The van der Waals surface area contributed by atoms with Gasteiger partial charge in [0.05, 0.1) is 10.6 Å². The Hall–Kier alpha value is -0.320. The molecule has 5 heteroatoms. The normalized spacial score (nSPS) is 11.4. The third kappa shape index (κ3) is 4.45. The number of halogens is 1. The molecule has 1 N–H and O–H groups in total. The van der Waals surface area contributed by atoms with Gasteiger partial charge in [-0.15, -0.1) is 12.6 Å². The summed E-state index contributed by atoms with van der Waals surface area (Å²) in [4.78, 5) is 12.7. The molecule has 1 aromatic carbocycles. The molecule has 17 heavy (non-hydrogen) atoms. The van der Waals surface area contributed by atoms with Crippen LogP contribution in [0.25, 0.3) is 0 Å².